The van der Waals surface area contributed by atoms with Crippen LogP contribution >= 0.6 is 0 Å². The van der Waals surface area contributed by atoms with E-state index in [4.69, 9.17) is 9.47 Å². The minimum atomic E-state index is -3.83. The van der Waals surface area contributed by atoms with Gasteiger partial charge in [0, 0.05) is 18.7 Å². The molecule has 0 bridgehead atoms. The lowest BCUT2D eigenvalue weighted by Gasteiger charge is -2.33. The minimum Gasteiger partial charge on any atom is -0.454 e. The fraction of sp³-hybridized carbons (Fsp3) is 0.462. The second-order valence-corrected chi connectivity index (χ2v) is 11.0. The number of rotatable bonds is 11. The van der Waals surface area contributed by atoms with Crippen molar-refractivity contribution in [2.45, 2.75) is 59.2 Å². The van der Waals surface area contributed by atoms with Crippen LogP contribution in [0, 0.1) is 6.92 Å². The number of nitrogens with zero attached hydrogens (tertiary/aromatic N) is 2. The molecule has 3 rings (SSSR count). The first-order valence-corrected chi connectivity index (χ1v) is 13.9. The van der Waals surface area contributed by atoms with Gasteiger partial charge >= 0.3 is 0 Å². The Balaban J connectivity index is 1.95. The summed E-state index contributed by atoms with van der Waals surface area (Å²) in [7, 11) is -3.83. The molecule has 1 heterocycles. The predicted molar refractivity (Wildman–Crippen MR) is 138 cm³/mol. The highest BCUT2D eigenvalue weighted by molar-refractivity contribution is 7.92. The smallest absolute Gasteiger partial charge is 0.244 e. The van der Waals surface area contributed by atoms with Crippen molar-refractivity contribution in [2.75, 3.05) is 23.9 Å². The lowest BCUT2D eigenvalue weighted by molar-refractivity contribution is -0.140. The Morgan fingerprint density at radius 3 is 2.42 bits per heavy atom. The number of hydrogen-bond acceptors (Lipinski definition) is 6. The first-order chi connectivity index (χ1) is 17.0. The molecular weight excluding hydrogens is 482 g/mol. The van der Waals surface area contributed by atoms with Crippen LogP contribution in [-0.4, -0.2) is 56.8 Å². The van der Waals surface area contributed by atoms with Gasteiger partial charge in [0.25, 0.3) is 0 Å². The molecule has 0 saturated carbocycles. The van der Waals surface area contributed by atoms with E-state index in [0.717, 1.165) is 28.1 Å². The van der Waals surface area contributed by atoms with Gasteiger partial charge in [-0.3, -0.25) is 13.9 Å². The largest absolute Gasteiger partial charge is 0.454 e. The number of benzene rings is 2. The average molecular weight is 518 g/mol. The molecule has 196 valence electrons. The number of carbonyl (C=O) groups excluding carboxylic acids is 2. The normalized spacial score (nSPS) is 14.1. The first-order valence-electron chi connectivity index (χ1n) is 12.1. The quantitative estimate of drug-likeness (QED) is 0.491. The lowest BCUT2D eigenvalue weighted by atomic mass is 10.1. The Labute approximate surface area is 213 Å². The number of sulfonamides is 1. The molecule has 0 fully saturated rings. The Kier molecular flexibility index (Phi) is 8.84. The standard InChI is InChI=1S/C26H35N3O6S/c1-6-19(4)27-26(31)22(7-2)28(15-20-10-8-9-18(3)13-20)25(30)16-29(36(5,32)33)21-11-12-23-24(14-21)35-17-34-23/h8-14,19,22H,6-7,15-17H2,1-5H3,(H,27,31). The summed E-state index contributed by atoms with van der Waals surface area (Å²) < 4.78 is 37.2. The Hall–Kier alpha value is -3.27. The summed E-state index contributed by atoms with van der Waals surface area (Å²) >= 11 is 0. The molecule has 2 aromatic rings. The Bertz CT molecular complexity index is 1200. The zero-order chi connectivity index (χ0) is 26.5. The van der Waals surface area contributed by atoms with Crippen LogP contribution in [0.1, 0.15) is 44.7 Å². The van der Waals surface area contributed by atoms with Crippen LogP contribution in [0.5, 0.6) is 11.5 Å². The van der Waals surface area contributed by atoms with E-state index >= 15 is 0 Å². The highest BCUT2D eigenvalue weighted by Crippen LogP contribution is 2.36. The third-order valence-electron chi connectivity index (χ3n) is 6.15. The van der Waals surface area contributed by atoms with Gasteiger partial charge in [0.2, 0.25) is 28.6 Å². The number of nitrogens with one attached hydrogen (secondary N) is 1. The summed E-state index contributed by atoms with van der Waals surface area (Å²) in [6.45, 7) is 7.42. The Morgan fingerprint density at radius 2 is 1.78 bits per heavy atom. The third-order valence-corrected chi connectivity index (χ3v) is 7.29. The van der Waals surface area contributed by atoms with Crippen molar-refractivity contribution in [1.82, 2.24) is 10.2 Å². The van der Waals surface area contributed by atoms with Gasteiger partial charge in [0.15, 0.2) is 11.5 Å². The molecule has 2 amide bonds. The molecule has 1 aliphatic heterocycles. The molecule has 9 nitrogen and oxygen atoms in total. The van der Waals surface area contributed by atoms with E-state index in [1.54, 1.807) is 12.1 Å². The summed E-state index contributed by atoms with van der Waals surface area (Å²) in [4.78, 5) is 28.4. The van der Waals surface area contributed by atoms with Crippen molar-refractivity contribution >= 4 is 27.5 Å². The van der Waals surface area contributed by atoms with E-state index in [0.29, 0.717) is 17.9 Å². The lowest BCUT2D eigenvalue weighted by Crippen LogP contribution is -2.53. The fourth-order valence-corrected chi connectivity index (χ4v) is 4.86. The van der Waals surface area contributed by atoms with E-state index in [1.807, 2.05) is 52.0 Å². The van der Waals surface area contributed by atoms with Gasteiger partial charge in [-0.25, -0.2) is 8.42 Å². The molecule has 0 radical (unpaired) electrons. The summed E-state index contributed by atoms with van der Waals surface area (Å²) in [6.07, 6.45) is 2.17. The van der Waals surface area contributed by atoms with Gasteiger partial charge in [0.05, 0.1) is 11.9 Å². The third kappa shape index (κ3) is 6.69. The molecule has 2 atom stereocenters. The van der Waals surface area contributed by atoms with E-state index in [2.05, 4.69) is 5.32 Å². The predicted octanol–water partition coefficient (Wildman–Crippen LogP) is 3.21. The Morgan fingerprint density at radius 1 is 1.06 bits per heavy atom. The van der Waals surface area contributed by atoms with E-state index < -0.39 is 28.5 Å². The molecule has 10 heteroatoms. The van der Waals surface area contributed by atoms with Crippen molar-refractivity contribution in [3.8, 4) is 11.5 Å². The van der Waals surface area contributed by atoms with Crippen LogP contribution in [0.3, 0.4) is 0 Å². The highest BCUT2D eigenvalue weighted by Gasteiger charge is 2.32. The number of aryl methyl sites for hydroxylation is 1. The van der Waals surface area contributed by atoms with E-state index in [9.17, 15) is 18.0 Å². The molecule has 36 heavy (non-hydrogen) atoms. The molecular formula is C26H35N3O6S. The van der Waals surface area contributed by atoms with Crippen molar-refractivity contribution in [1.29, 1.82) is 0 Å². The van der Waals surface area contributed by atoms with Gasteiger partial charge in [-0.05, 0) is 44.4 Å². The maximum Gasteiger partial charge on any atom is 0.244 e. The number of amides is 2. The molecule has 0 aromatic heterocycles. The van der Waals surface area contributed by atoms with Crippen LogP contribution < -0.4 is 19.1 Å². The second-order valence-electron chi connectivity index (χ2n) is 9.06. The summed E-state index contributed by atoms with van der Waals surface area (Å²) in [5, 5.41) is 2.96. The maximum atomic E-state index is 13.7. The molecule has 1 aliphatic rings. The van der Waals surface area contributed by atoms with Gasteiger partial charge in [-0.1, -0.05) is 43.7 Å². The van der Waals surface area contributed by atoms with Gasteiger partial charge in [0.1, 0.15) is 12.6 Å². The van der Waals surface area contributed by atoms with E-state index in [1.165, 1.54) is 11.0 Å². The van der Waals surface area contributed by atoms with Crippen molar-refractivity contribution < 1.29 is 27.5 Å². The number of carbonyl (C=O) groups is 2. The van der Waals surface area contributed by atoms with Crippen LogP contribution in [0.15, 0.2) is 42.5 Å². The van der Waals surface area contributed by atoms with Gasteiger partial charge < -0.3 is 19.7 Å². The zero-order valence-corrected chi connectivity index (χ0v) is 22.3. The molecule has 2 aromatic carbocycles. The SMILES string of the molecule is CCC(C)NC(=O)C(CC)N(Cc1cccc(C)c1)C(=O)CN(c1ccc2c(c1)OCO2)S(C)(=O)=O. The molecule has 0 spiro atoms. The van der Waals surface area contributed by atoms with Crippen LogP contribution in [0.2, 0.25) is 0 Å². The average Bonchev–Trinajstić information content (AvgIpc) is 3.29. The summed E-state index contributed by atoms with van der Waals surface area (Å²) in [5.74, 6) is 0.171. The monoisotopic (exact) mass is 517 g/mol. The first kappa shape index (κ1) is 27.3. The van der Waals surface area contributed by atoms with Crippen LogP contribution in [0.4, 0.5) is 5.69 Å². The number of ether oxygens (including phenoxy) is 2. The molecule has 1 N–H and O–H groups in total. The zero-order valence-electron chi connectivity index (χ0n) is 21.5. The second kappa shape index (κ2) is 11.6. The van der Waals surface area contributed by atoms with Gasteiger partial charge in [-0.15, -0.1) is 0 Å². The number of fused-ring (bicyclic) bond motifs is 1. The van der Waals surface area contributed by atoms with Crippen LogP contribution in [0.25, 0.3) is 0 Å². The summed E-state index contributed by atoms with van der Waals surface area (Å²) in [6, 6.07) is 11.6. The van der Waals surface area contributed by atoms with Crippen molar-refractivity contribution in [3.63, 3.8) is 0 Å². The minimum absolute atomic E-state index is 0.0460. The molecule has 0 saturated heterocycles. The van der Waals surface area contributed by atoms with Crippen molar-refractivity contribution in [3.05, 3.63) is 53.6 Å². The van der Waals surface area contributed by atoms with E-state index in [-0.39, 0.29) is 31.0 Å². The fourth-order valence-electron chi connectivity index (χ4n) is 4.02. The highest BCUT2D eigenvalue weighted by atomic mass is 32.2. The number of hydrogen-bond donors (Lipinski definition) is 1. The molecule has 0 aliphatic carbocycles. The van der Waals surface area contributed by atoms with Crippen molar-refractivity contribution in [2.24, 2.45) is 0 Å². The van der Waals surface area contributed by atoms with Gasteiger partial charge in [-0.2, -0.15) is 0 Å². The summed E-state index contributed by atoms with van der Waals surface area (Å²) in [5.41, 5.74) is 2.16. The maximum absolute atomic E-state index is 13.7. The van der Waals surface area contributed by atoms with Crippen LogP contribution in [-0.2, 0) is 26.2 Å². The topological polar surface area (TPSA) is 105 Å². The molecule has 2 unspecified atom stereocenters. The number of anilines is 1.